The van der Waals surface area contributed by atoms with Crippen LogP contribution in [-0.2, 0) is 17.8 Å². The zero-order chi connectivity index (χ0) is 11.5. The number of thiophene rings is 1. The van der Waals surface area contributed by atoms with Gasteiger partial charge in [-0.1, -0.05) is 13.8 Å². The summed E-state index contributed by atoms with van der Waals surface area (Å²) in [5.74, 6) is 0.571. The predicted octanol–water partition coefficient (Wildman–Crippen LogP) is 3.07. The Hall–Kier alpha value is -0.830. The number of hydrogen-bond acceptors (Lipinski definition) is 2. The Labute approximate surface area is 101 Å². The van der Waals surface area contributed by atoms with Crippen LogP contribution in [0.1, 0.15) is 37.1 Å². The van der Waals surface area contributed by atoms with Gasteiger partial charge in [0.05, 0.1) is 0 Å². The first-order chi connectivity index (χ1) is 7.76. The average molecular weight is 237 g/mol. The predicted molar refractivity (Wildman–Crippen MR) is 67.5 cm³/mol. The van der Waals surface area contributed by atoms with Crippen molar-refractivity contribution in [3.8, 4) is 0 Å². The van der Waals surface area contributed by atoms with Gasteiger partial charge in [0.1, 0.15) is 0 Å². The lowest BCUT2D eigenvalue weighted by Crippen LogP contribution is -2.39. The number of carbonyl (C=O) groups is 1. The van der Waals surface area contributed by atoms with Gasteiger partial charge < -0.3 is 4.90 Å². The van der Waals surface area contributed by atoms with Crippen LogP contribution in [0.5, 0.6) is 0 Å². The number of rotatable bonds is 3. The minimum absolute atomic E-state index is 0.222. The lowest BCUT2D eigenvalue weighted by molar-refractivity contribution is -0.136. The molecule has 0 saturated heterocycles. The molecule has 1 amide bonds. The molecule has 88 valence electrons. The Morgan fingerprint density at radius 2 is 2.25 bits per heavy atom. The first-order valence-electron chi connectivity index (χ1n) is 6.10. The van der Waals surface area contributed by atoms with Crippen molar-refractivity contribution < 1.29 is 4.79 Å². The summed E-state index contributed by atoms with van der Waals surface area (Å²) in [4.78, 5) is 15.7. The Morgan fingerprint density at radius 3 is 2.94 bits per heavy atom. The summed E-state index contributed by atoms with van der Waals surface area (Å²) >= 11 is 1.82. The molecule has 2 heterocycles. The molecule has 0 N–H and O–H groups in total. The molecule has 0 radical (unpaired) electrons. The average Bonchev–Trinajstić information content (AvgIpc) is 2.77. The van der Waals surface area contributed by atoms with E-state index in [1.54, 1.807) is 0 Å². The van der Waals surface area contributed by atoms with E-state index in [2.05, 4.69) is 25.3 Å². The highest BCUT2D eigenvalue weighted by atomic mass is 32.1. The third-order valence-electron chi connectivity index (χ3n) is 3.45. The summed E-state index contributed by atoms with van der Waals surface area (Å²) in [6, 6.07) is 2.16. The zero-order valence-electron chi connectivity index (χ0n) is 10.0. The van der Waals surface area contributed by atoms with Gasteiger partial charge in [-0.15, -0.1) is 11.3 Å². The maximum Gasteiger partial charge on any atom is 0.225 e. The van der Waals surface area contributed by atoms with E-state index in [4.69, 9.17) is 0 Å². The molecule has 3 heteroatoms. The summed E-state index contributed by atoms with van der Waals surface area (Å²) < 4.78 is 0. The van der Waals surface area contributed by atoms with Crippen molar-refractivity contribution in [3.63, 3.8) is 0 Å². The molecule has 0 saturated carbocycles. The minimum atomic E-state index is 0.222. The highest BCUT2D eigenvalue weighted by molar-refractivity contribution is 7.10. The largest absolute Gasteiger partial charge is 0.338 e. The summed E-state index contributed by atoms with van der Waals surface area (Å²) in [5.41, 5.74) is 1.36. The lowest BCUT2D eigenvalue weighted by Gasteiger charge is -2.30. The van der Waals surface area contributed by atoms with Gasteiger partial charge in [0.15, 0.2) is 0 Å². The summed E-state index contributed by atoms with van der Waals surface area (Å²) in [6.07, 6.45) is 2.96. The van der Waals surface area contributed by atoms with Crippen molar-refractivity contribution in [3.05, 3.63) is 21.9 Å². The molecule has 2 rings (SSSR count). The van der Waals surface area contributed by atoms with Crippen LogP contribution in [0.4, 0.5) is 0 Å². The SMILES string of the molecule is CCC(CC)C(=O)N1CCc2sccc2C1. The second-order valence-electron chi connectivity index (χ2n) is 4.39. The molecule has 1 aliphatic rings. The number of nitrogens with zero attached hydrogens (tertiary/aromatic N) is 1. The van der Waals surface area contributed by atoms with Crippen molar-refractivity contribution in [1.29, 1.82) is 0 Å². The second kappa shape index (κ2) is 5.00. The van der Waals surface area contributed by atoms with Crippen LogP contribution in [0, 0.1) is 5.92 Å². The molecule has 0 bridgehead atoms. The van der Waals surface area contributed by atoms with Crippen LogP contribution >= 0.6 is 11.3 Å². The fourth-order valence-corrected chi connectivity index (χ4v) is 3.22. The third kappa shape index (κ3) is 2.14. The summed E-state index contributed by atoms with van der Waals surface area (Å²) in [6.45, 7) is 5.94. The maximum absolute atomic E-state index is 12.2. The van der Waals surface area contributed by atoms with Gasteiger partial charge in [-0.05, 0) is 36.3 Å². The molecule has 0 unspecified atom stereocenters. The van der Waals surface area contributed by atoms with Crippen LogP contribution in [0.3, 0.4) is 0 Å². The highest BCUT2D eigenvalue weighted by Crippen LogP contribution is 2.25. The van der Waals surface area contributed by atoms with E-state index in [-0.39, 0.29) is 5.92 Å². The topological polar surface area (TPSA) is 20.3 Å². The molecule has 2 nitrogen and oxygen atoms in total. The number of amides is 1. The van der Waals surface area contributed by atoms with Crippen LogP contribution in [-0.4, -0.2) is 17.4 Å². The Balaban J connectivity index is 2.05. The monoisotopic (exact) mass is 237 g/mol. The van der Waals surface area contributed by atoms with E-state index in [9.17, 15) is 4.79 Å². The molecular formula is C13H19NOS. The van der Waals surface area contributed by atoms with E-state index in [0.29, 0.717) is 5.91 Å². The highest BCUT2D eigenvalue weighted by Gasteiger charge is 2.25. The Kier molecular flexibility index (Phi) is 3.64. The Morgan fingerprint density at radius 1 is 1.50 bits per heavy atom. The minimum Gasteiger partial charge on any atom is -0.338 e. The Bertz CT molecular complexity index is 368. The fraction of sp³-hybridized carbons (Fsp3) is 0.615. The molecule has 16 heavy (non-hydrogen) atoms. The first-order valence-corrected chi connectivity index (χ1v) is 6.98. The van der Waals surface area contributed by atoms with Crippen LogP contribution in [0.2, 0.25) is 0 Å². The number of hydrogen-bond donors (Lipinski definition) is 0. The van der Waals surface area contributed by atoms with Crippen molar-refractivity contribution in [2.45, 2.75) is 39.7 Å². The van der Waals surface area contributed by atoms with Gasteiger partial charge in [-0.3, -0.25) is 4.79 Å². The van der Waals surface area contributed by atoms with Crippen molar-refractivity contribution in [2.24, 2.45) is 5.92 Å². The standard InChI is InChI=1S/C13H19NOS/c1-3-10(4-2)13(15)14-7-5-12-11(9-14)6-8-16-12/h6,8,10H,3-5,7,9H2,1-2H3. The van der Waals surface area contributed by atoms with Gasteiger partial charge >= 0.3 is 0 Å². The maximum atomic E-state index is 12.2. The van der Waals surface area contributed by atoms with Gasteiger partial charge in [0.25, 0.3) is 0 Å². The van der Waals surface area contributed by atoms with E-state index in [1.807, 2.05) is 16.2 Å². The second-order valence-corrected chi connectivity index (χ2v) is 5.39. The molecule has 0 aromatic carbocycles. The molecule has 0 atom stereocenters. The van der Waals surface area contributed by atoms with E-state index in [0.717, 1.165) is 32.4 Å². The van der Waals surface area contributed by atoms with E-state index >= 15 is 0 Å². The van der Waals surface area contributed by atoms with Crippen LogP contribution < -0.4 is 0 Å². The van der Waals surface area contributed by atoms with Crippen LogP contribution in [0.25, 0.3) is 0 Å². The molecule has 0 spiro atoms. The van der Waals surface area contributed by atoms with E-state index < -0.39 is 0 Å². The quantitative estimate of drug-likeness (QED) is 0.791. The summed E-state index contributed by atoms with van der Waals surface area (Å²) in [5, 5.41) is 2.13. The van der Waals surface area contributed by atoms with Crippen molar-refractivity contribution >= 4 is 17.2 Å². The molecule has 1 aliphatic heterocycles. The zero-order valence-corrected chi connectivity index (χ0v) is 10.8. The molecule has 1 aromatic heterocycles. The van der Waals surface area contributed by atoms with Gasteiger partial charge in [-0.25, -0.2) is 0 Å². The van der Waals surface area contributed by atoms with E-state index in [1.165, 1.54) is 10.4 Å². The van der Waals surface area contributed by atoms with Crippen molar-refractivity contribution in [2.75, 3.05) is 6.54 Å². The normalized spacial score (nSPS) is 15.3. The van der Waals surface area contributed by atoms with Crippen LogP contribution in [0.15, 0.2) is 11.4 Å². The third-order valence-corrected chi connectivity index (χ3v) is 4.48. The molecular weight excluding hydrogens is 218 g/mol. The van der Waals surface area contributed by atoms with Gasteiger partial charge in [0, 0.05) is 23.9 Å². The lowest BCUT2D eigenvalue weighted by atomic mass is 10.00. The van der Waals surface area contributed by atoms with Crippen molar-refractivity contribution in [1.82, 2.24) is 4.90 Å². The smallest absolute Gasteiger partial charge is 0.225 e. The molecule has 1 aromatic rings. The molecule has 0 aliphatic carbocycles. The number of fused-ring (bicyclic) bond motifs is 1. The number of carbonyl (C=O) groups excluding carboxylic acids is 1. The first kappa shape index (κ1) is 11.6. The summed E-state index contributed by atoms with van der Waals surface area (Å²) in [7, 11) is 0. The van der Waals surface area contributed by atoms with Gasteiger partial charge in [-0.2, -0.15) is 0 Å². The van der Waals surface area contributed by atoms with Gasteiger partial charge in [0.2, 0.25) is 5.91 Å². The molecule has 0 fully saturated rings. The fourth-order valence-electron chi connectivity index (χ4n) is 2.33.